The number of aryl methyl sites for hydroxylation is 1. The lowest BCUT2D eigenvalue weighted by Crippen LogP contribution is -2.16. The maximum absolute atomic E-state index is 12.9. The fourth-order valence-corrected chi connectivity index (χ4v) is 3.70. The Morgan fingerprint density at radius 1 is 1.19 bits per heavy atom. The number of methoxy groups -OCH3 is 3. The number of Topliss-reactive ketones (excluding diaryl/α,β-unsaturated/α-hetero) is 1. The molecule has 0 radical (unpaired) electrons. The fraction of sp³-hybridized carbons (Fsp3) is 0.474. The van der Waals surface area contributed by atoms with Gasteiger partial charge in [0.1, 0.15) is 0 Å². The fourth-order valence-electron chi connectivity index (χ4n) is 2.60. The van der Waals surface area contributed by atoms with E-state index in [4.69, 9.17) is 14.2 Å². The van der Waals surface area contributed by atoms with Crippen LogP contribution in [0.15, 0.2) is 23.4 Å². The molecule has 0 aliphatic rings. The van der Waals surface area contributed by atoms with E-state index < -0.39 is 0 Å². The van der Waals surface area contributed by atoms with E-state index in [1.807, 2.05) is 20.8 Å². The zero-order valence-corrected chi connectivity index (χ0v) is 17.0. The van der Waals surface area contributed by atoms with Crippen molar-refractivity contribution in [3.63, 3.8) is 0 Å². The Morgan fingerprint density at radius 3 is 2.50 bits per heavy atom. The van der Waals surface area contributed by atoms with Crippen LogP contribution in [0, 0.1) is 13.8 Å². The lowest BCUT2D eigenvalue weighted by Gasteiger charge is -2.14. The van der Waals surface area contributed by atoms with Gasteiger partial charge in [0.15, 0.2) is 22.4 Å². The number of thioether (sulfide) groups is 1. The van der Waals surface area contributed by atoms with Gasteiger partial charge in [-0.05, 0) is 39.0 Å². The highest BCUT2D eigenvalue weighted by Gasteiger charge is 2.22. The zero-order valence-electron chi connectivity index (χ0n) is 16.2. The number of carbonyl (C=O) groups is 1. The van der Waals surface area contributed by atoms with Crippen molar-refractivity contribution in [2.24, 2.45) is 0 Å². The first kappa shape index (κ1) is 20.3. The Hall–Kier alpha value is -1.99. The lowest BCUT2D eigenvalue weighted by atomic mass is 10.1. The van der Waals surface area contributed by atoms with Gasteiger partial charge in [-0.1, -0.05) is 11.8 Å². The Kier molecular flexibility index (Phi) is 7.11. The molecule has 2 rings (SSSR count). The van der Waals surface area contributed by atoms with Crippen LogP contribution in [0.5, 0.6) is 11.5 Å². The average molecular weight is 378 g/mol. The van der Waals surface area contributed by atoms with Gasteiger partial charge >= 0.3 is 0 Å². The number of hydrogen-bond donors (Lipinski definition) is 0. The first-order chi connectivity index (χ1) is 12.4. The Balaban J connectivity index is 2.21. The van der Waals surface area contributed by atoms with Crippen molar-refractivity contribution in [2.45, 2.75) is 37.7 Å². The molecule has 0 saturated carbocycles. The van der Waals surface area contributed by atoms with Crippen molar-refractivity contribution in [3.8, 4) is 11.5 Å². The monoisotopic (exact) mass is 378 g/mol. The van der Waals surface area contributed by atoms with Gasteiger partial charge < -0.3 is 18.8 Å². The molecule has 0 bridgehead atoms. The predicted octanol–water partition coefficient (Wildman–Crippen LogP) is 3.53. The van der Waals surface area contributed by atoms with E-state index in [9.17, 15) is 4.79 Å². The standard InChI is InChI=1S/C19H26N2O4S/c1-12-13(2)21(9-10-23-4)19(20-12)26-14(3)18(22)15-7-8-16(24-5)17(11-15)25-6/h7-8,11,14H,9-10H2,1-6H3. The summed E-state index contributed by atoms with van der Waals surface area (Å²) < 4.78 is 17.8. The molecule has 0 spiro atoms. The van der Waals surface area contributed by atoms with Gasteiger partial charge in [-0.3, -0.25) is 4.79 Å². The SMILES string of the molecule is COCCn1c(SC(C)C(=O)c2ccc(OC)c(OC)c2)nc(C)c1C. The van der Waals surface area contributed by atoms with Crippen molar-refractivity contribution in [1.82, 2.24) is 9.55 Å². The third kappa shape index (κ3) is 4.40. The van der Waals surface area contributed by atoms with Crippen LogP contribution in [0.25, 0.3) is 0 Å². The third-order valence-corrected chi connectivity index (χ3v) is 5.35. The summed E-state index contributed by atoms with van der Waals surface area (Å²) in [6.45, 7) is 7.21. The molecule has 142 valence electrons. The van der Waals surface area contributed by atoms with Crippen LogP contribution in [0.2, 0.25) is 0 Å². The number of hydrogen-bond acceptors (Lipinski definition) is 6. The summed E-state index contributed by atoms with van der Waals surface area (Å²) in [5, 5.41) is 0.550. The molecule has 1 unspecified atom stereocenters. The lowest BCUT2D eigenvalue weighted by molar-refractivity contribution is 0.0993. The second-order valence-corrected chi connectivity index (χ2v) is 7.21. The van der Waals surface area contributed by atoms with Crippen LogP contribution in [-0.4, -0.2) is 48.5 Å². The summed E-state index contributed by atoms with van der Waals surface area (Å²) in [6, 6.07) is 5.22. The van der Waals surface area contributed by atoms with Gasteiger partial charge in [0.2, 0.25) is 0 Å². The van der Waals surface area contributed by atoms with E-state index in [-0.39, 0.29) is 11.0 Å². The maximum atomic E-state index is 12.9. The molecule has 26 heavy (non-hydrogen) atoms. The quantitative estimate of drug-likeness (QED) is 0.491. The summed E-state index contributed by atoms with van der Waals surface area (Å²) in [5.74, 6) is 1.17. The predicted molar refractivity (Wildman–Crippen MR) is 103 cm³/mol. The third-order valence-electron chi connectivity index (χ3n) is 4.26. The summed E-state index contributed by atoms with van der Waals surface area (Å²) in [7, 11) is 4.81. The molecule has 0 N–H and O–H groups in total. The van der Waals surface area contributed by atoms with Crippen molar-refractivity contribution in [1.29, 1.82) is 0 Å². The molecule has 7 heteroatoms. The minimum absolute atomic E-state index is 0.0209. The van der Waals surface area contributed by atoms with Crippen molar-refractivity contribution < 1.29 is 19.0 Å². The molecule has 0 amide bonds. The van der Waals surface area contributed by atoms with Gasteiger partial charge in [0.05, 0.1) is 31.8 Å². The normalized spacial score (nSPS) is 12.1. The highest BCUT2D eigenvalue weighted by atomic mass is 32.2. The van der Waals surface area contributed by atoms with Crippen molar-refractivity contribution in [2.75, 3.05) is 27.9 Å². The van der Waals surface area contributed by atoms with Crippen molar-refractivity contribution >= 4 is 17.5 Å². The van der Waals surface area contributed by atoms with Gasteiger partial charge in [-0.25, -0.2) is 4.98 Å². The summed E-state index contributed by atoms with van der Waals surface area (Å²) in [4.78, 5) is 17.5. The first-order valence-corrected chi connectivity index (χ1v) is 9.26. The largest absolute Gasteiger partial charge is 0.493 e. The summed E-state index contributed by atoms with van der Waals surface area (Å²) in [6.07, 6.45) is 0. The highest BCUT2D eigenvalue weighted by Crippen LogP contribution is 2.31. The van der Waals surface area contributed by atoms with Gasteiger partial charge in [0.25, 0.3) is 0 Å². The van der Waals surface area contributed by atoms with Gasteiger partial charge in [-0.2, -0.15) is 0 Å². The van der Waals surface area contributed by atoms with E-state index >= 15 is 0 Å². The topological polar surface area (TPSA) is 62.6 Å². The number of nitrogens with zero attached hydrogens (tertiary/aromatic N) is 2. The number of ketones is 1. The molecule has 2 aromatic rings. The van der Waals surface area contributed by atoms with Gasteiger partial charge in [0, 0.05) is 24.9 Å². The Labute approximate surface area is 158 Å². The second-order valence-electron chi connectivity index (χ2n) is 5.90. The molecule has 0 fully saturated rings. The van der Waals surface area contributed by atoms with Crippen LogP contribution < -0.4 is 9.47 Å². The van der Waals surface area contributed by atoms with Crippen molar-refractivity contribution in [3.05, 3.63) is 35.2 Å². The van der Waals surface area contributed by atoms with Crippen LogP contribution in [0.4, 0.5) is 0 Å². The molecule has 1 aromatic carbocycles. The molecule has 1 aromatic heterocycles. The summed E-state index contributed by atoms with van der Waals surface area (Å²) in [5.41, 5.74) is 2.65. The Morgan fingerprint density at radius 2 is 1.88 bits per heavy atom. The number of imidazole rings is 1. The summed E-state index contributed by atoms with van der Waals surface area (Å²) >= 11 is 1.46. The molecule has 6 nitrogen and oxygen atoms in total. The van der Waals surface area contributed by atoms with E-state index in [1.54, 1.807) is 39.5 Å². The first-order valence-electron chi connectivity index (χ1n) is 8.38. The molecule has 0 saturated heterocycles. The molecule has 0 aliphatic carbocycles. The number of rotatable bonds is 9. The maximum Gasteiger partial charge on any atom is 0.176 e. The zero-order chi connectivity index (χ0) is 19.3. The molecule has 1 heterocycles. The number of ether oxygens (including phenoxy) is 3. The number of carbonyl (C=O) groups excluding carboxylic acids is 1. The number of benzene rings is 1. The van der Waals surface area contributed by atoms with E-state index in [0.717, 1.165) is 16.5 Å². The van der Waals surface area contributed by atoms with Gasteiger partial charge in [-0.15, -0.1) is 0 Å². The smallest absolute Gasteiger partial charge is 0.176 e. The van der Waals surface area contributed by atoms with Crippen LogP contribution in [-0.2, 0) is 11.3 Å². The van der Waals surface area contributed by atoms with Crippen LogP contribution >= 0.6 is 11.8 Å². The van der Waals surface area contributed by atoms with E-state index in [0.29, 0.717) is 30.2 Å². The van der Waals surface area contributed by atoms with E-state index in [1.165, 1.54) is 11.8 Å². The van der Waals surface area contributed by atoms with Crippen LogP contribution in [0.3, 0.4) is 0 Å². The molecule has 0 aliphatic heterocycles. The minimum Gasteiger partial charge on any atom is -0.493 e. The Bertz CT molecular complexity index is 773. The number of aromatic nitrogens is 2. The van der Waals surface area contributed by atoms with Crippen LogP contribution in [0.1, 0.15) is 28.7 Å². The molecule has 1 atom stereocenters. The molecular weight excluding hydrogens is 352 g/mol. The van der Waals surface area contributed by atoms with E-state index in [2.05, 4.69) is 9.55 Å². The molecular formula is C19H26N2O4S. The average Bonchev–Trinajstić information content (AvgIpc) is 2.91. The second kappa shape index (κ2) is 9.09. The minimum atomic E-state index is -0.282. The highest BCUT2D eigenvalue weighted by molar-refractivity contribution is 8.00.